The molecule has 4 heterocycles. The van der Waals surface area contributed by atoms with Crippen molar-refractivity contribution in [2.45, 2.75) is 31.7 Å². The summed E-state index contributed by atoms with van der Waals surface area (Å²) in [5.74, 6) is 4.20. The van der Waals surface area contributed by atoms with E-state index in [1.54, 1.807) is 18.4 Å². The van der Waals surface area contributed by atoms with Crippen molar-refractivity contribution in [3.05, 3.63) is 35.7 Å². The summed E-state index contributed by atoms with van der Waals surface area (Å²) in [5.41, 5.74) is 1.89. The van der Waals surface area contributed by atoms with Crippen molar-refractivity contribution < 1.29 is 9.47 Å². The van der Waals surface area contributed by atoms with Crippen LogP contribution in [0.5, 0.6) is 5.75 Å². The number of thiophene rings is 1. The Morgan fingerprint density at radius 3 is 2.67 bits per heavy atom. The fourth-order valence-corrected chi connectivity index (χ4v) is 7.05. The van der Waals surface area contributed by atoms with E-state index in [2.05, 4.69) is 37.9 Å². The van der Waals surface area contributed by atoms with Crippen molar-refractivity contribution in [2.24, 2.45) is 17.8 Å². The molecule has 0 bridgehead atoms. The zero-order chi connectivity index (χ0) is 22.2. The zero-order valence-electron chi connectivity index (χ0n) is 19.2. The number of likely N-dealkylation sites (tertiary alicyclic amines) is 1. The first-order valence-electron chi connectivity index (χ1n) is 12.2. The monoisotopic (exact) mass is 464 g/mol. The predicted octanol–water partition coefficient (Wildman–Crippen LogP) is 4.92. The summed E-state index contributed by atoms with van der Waals surface area (Å²) in [6.45, 7) is 5.68. The number of nitrogens with zero attached hydrogens (tertiary/aromatic N) is 3. The van der Waals surface area contributed by atoms with E-state index in [0.29, 0.717) is 6.04 Å². The molecule has 2 saturated heterocycles. The number of nitrogens with one attached hydrogen (secondary N) is 1. The van der Waals surface area contributed by atoms with Crippen LogP contribution < -0.4 is 10.1 Å². The Hall–Kier alpha value is -2.22. The molecule has 1 N–H and O–H groups in total. The summed E-state index contributed by atoms with van der Waals surface area (Å²) < 4.78 is 12.3. The molecule has 2 aromatic heterocycles. The minimum Gasteiger partial charge on any atom is -0.496 e. The Balaban J connectivity index is 1.14. The second kappa shape index (κ2) is 9.20. The van der Waals surface area contributed by atoms with Crippen LogP contribution in [0.4, 0.5) is 5.82 Å². The summed E-state index contributed by atoms with van der Waals surface area (Å²) >= 11 is 1.72. The predicted molar refractivity (Wildman–Crippen MR) is 133 cm³/mol. The maximum absolute atomic E-state index is 5.57. The van der Waals surface area contributed by atoms with Gasteiger partial charge in [-0.05, 0) is 67.0 Å². The number of rotatable bonds is 6. The van der Waals surface area contributed by atoms with Crippen LogP contribution in [0, 0.1) is 17.8 Å². The highest BCUT2D eigenvalue weighted by Gasteiger charge is 2.41. The average molecular weight is 465 g/mol. The lowest BCUT2D eigenvalue weighted by Crippen LogP contribution is -2.32. The summed E-state index contributed by atoms with van der Waals surface area (Å²) in [6.07, 6.45) is 4.93. The van der Waals surface area contributed by atoms with Gasteiger partial charge in [0.15, 0.2) is 5.82 Å². The number of ether oxygens (including phenoxy) is 2. The Labute approximate surface area is 199 Å². The van der Waals surface area contributed by atoms with Crippen LogP contribution in [-0.4, -0.2) is 61.1 Å². The number of hydrogen-bond donors (Lipinski definition) is 1. The molecule has 0 spiro atoms. The second-order valence-electron chi connectivity index (χ2n) is 9.87. The number of methoxy groups -OCH3 is 1. The van der Waals surface area contributed by atoms with Crippen LogP contribution in [0.2, 0.25) is 0 Å². The zero-order valence-corrected chi connectivity index (χ0v) is 20.0. The lowest BCUT2D eigenvalue weighted by molar-refractivity contribution is 0.0545. The van der Waals surface area contributed by atoms with Crippen LogP contribution in [0.25, 0.3) is 21.3 Å². The first kappa shape index (κ1) is 21.3. The van der Waals surface area contributed by atoms with E-state index in [-0.39, 0.29) is 0 Å². The number of para-hydroxylation sites is 1. The van der Waals surface area contributed by atoms with Crippen LogP contribution in [0.3, 0.4) is 0 Å². The topological polar surface area (TPSA) is 59.5 Å². The molecule has 174 valence electrons. The summed E-state index contributed by atoms with van der Waals surface area (Å²) in [7, 11) is 1.70. The average Bonchev–Trinajstić information content (AvgIpc) is 3.55. The van der Waals surface area contributed by atoms with Crippen LogP contribution >= 0.6 is 11.3 Å². The van der Waals surface area contributed by atoms with Crippen molar-refractivity contribution in [1.82, 2.24) is 15.1 Å². The van der Waals surface area contributed by atoms with Crippen molar-refractivity contribution in [1.29, 1.82) is 0 Å². The van der Waals surface area contributed by atoms with Crippen molar-refractivity contribution in [3.63, 3.8) is 0 Å². The highest BCUT2D eigenvalue weighted by molar-refractivity contribution is 7.17. The standard InChI is InChI=1S/C26H32N4O2S/c1-31-23-5-3-2-4-21(23)24-25-22(8-11-33-25)26(29-28-24)27-20-12-18-15-30(16-19(18)13-20)14-17-6-9-32-10-7-17/h2-5,8,11,17-20H,6-7,9-10,12-16H2,1H3,(H,27,29)/t18-,19+,20+. The molecular weight excluding hydrogens is 432 g/mol. The Morgan fingerprint density at radius 1 is 1.09 bits per heavy atom. The molecule has 2 aliphatic heterocycles. The highest BCUT2D eigenvalue weighted by atomic mass is 32.1. The molecule has 1 aromatic carbocycles. The minimum atomic E-state index is 0.486. The van der Waals surface area contributed by atoms with Gasteiger partial charge in [-0.2, -0.15) is 0 Å². The van der Waals surface area contributed by atoms with Gasteiger partial charge in [-0.3, -0.25) is 0 Å². The number of anilines is 1. The maximum Gasteiger partial charge on any atom is 0.157 e. The van der Waals surface area contributed by atoms with Crippen molar-refractivity contribution in [2.75, 3.05) is 45.3 Å². The van der Waals surface area contributed by atoms with Gasteiger partial charge in [0.2, 0.25) is 0 Å². The Kier molecular flexibility index (Phi) is 5.94. The third kappa shape index (κ3) is 4.22. The fraction of sp³-hybridized carbons (Fsp3) is 0.538. The minimum absolute atomic E-state index is 0.486. The molecule has 1 aliphatic carbocycles. The van der Waals surface area contributed by atoms with Gasteiger partial charge in [-0.25, -0.2) is 0 Å². The van der Waals surface area contributed by atoms with Crippen molar-refractivity contribution in [3.8, 4) is 17.0 Å². The van der Waals surface area contributed by atoms with E-state index >= 15 is 0 Å². The van der Waals surface area contributed by atoms with Gasteiger partial charge < -0.3 is 19.7 Å². The lowest BCUT2D eigenvalue weighted by atomic mass is 10.00. The van der Waals surface area contributed by atoms with Crippen molar-refractivity contribution >= 4 is 27.2 Å². The third-order valence-electron chi connectivity index (χ3n) is 7.77. The molecule has 1 saturated carbocycles. The fourth-order valence-electron chi connectivity index (χ4n) is 6.15. The second-order valence-corrected chi connectivity index (χ2v) is 10.8. The normalized spacial score (nSPS) is 26.0. The Morgan fingerprint density at radius 2 is 1.88 bits per heavy atom. The molecule has 6 rings (SSSR count). The van der Waals surface area contributed by atoms with Gasteiger partial charge in [0, 0.05) is 49.8 Å². The Bertz CT molecular complexity index is 1100. The van der Waals surface area contributed by atoms with E-state index in [1.165, 1.54) is 45.3 Å². The number of benzene rings is 1. The quantitative estimate of drug-likeness (QED) is 0.559. The molecular formula is C26H32N4O2S. The van der Waals surface area contributed by atoms with Gasteiger partial charge >= 0.3 is 0 Å². The summed E-state index contributed by atoms with van der Waals surface area (Å²) in [6, 6.07) is 10.7. The molecule has 3 aromatic rings. The van der Waals surface area contributed by atoms with Crippen LogP contribution in [0.15, 0.2) is 35.7 Å². The van der Waals surface area contributed by atoms with Gasteiger partial charge in [-0.1, -0.05) is 12.1 Å². The molecule has 6 nitrogen and oxygen atoms in total. The van der Waals surface area contributed by atoms with E-state index in [4.69, 9.17) is 9.47 Å². The van der Waals surface area contributed by atoms with Crippen LogP contribution in [-0.2, 0) is 4.74 Å². The van der Waals surface area contributed by atoms with Gasteiger partial charge in [0.05, 0.1) is 11.8 Å². The largest absolute Gasteiger partial charge is 0.496 e. The highest BCUT2D eigenvalue weighted by Crippen LogP contribution is 2.42. The first-order valence-corrected chi connectivity index (χ1v) is 13.1. The first-order chi connectivity index (χ1) is 16.3. The van der Waals surface area contributed by atoms with E-state index < -0.39 is 0 Å². The molecule has 0 unspecified atom stereocenters. The summed E-state index contributed by atoms with van der Waals surface area (Å²) in [4.78, 5) is 2.72. The number of hydrogen-bond acceptors (Lipinski definition) is 7. The third-order valence-corrected chi connectivity index (χ3v) is 8.69. The van der Waals surface area contributed by atoms with Gasteiger partial charge in [0.1, 0.15) is 11.4 Å². The van der Waals surface area contributed by atoms with E-state index in [0.717, 1.165) is 63.9 Å². The van der Waals surface area contributed by atoms with Gasteiger partial charge in [0.25, 0.3) is 0 Å². The molecule has 3 aliphatic rings. The molecule has 0 amide bonds. The van der Waals surface area contributed by atoms with Gasteiger partial charge in [-0.15, -0.1) is 21.5 Å². The maximum atomic E-state index is 5.57. The van der Waals surface area contributed by atoms with E-state index in [1.807, 2.05) is 18.2 Å². The van der Waals surface area contributed by atoms with E-state index in [9.17, 15) is 0 Å². The SMILES string of the molecule is COc1ccccc1-c1nnc(N[C@H]2C[C@@H]3CN(CC4CCOCC4)C[C@@H]3C2)c2ccsc12. The lowest BCUT2D eigenvalue weighted by Gasteiger charge is -2.27. The number of aromatic nitrogens is 2. The number of fused-ring (bicyclic) bond motifs is 2. The summed E-state index contributed by atoms with van der Waals surface area (Å²) in [5, 5.41) is 16.4. The molecule has 0 radical (unpaired) electrons. The molecule has 3 atom stereocenters. The molecule has 3 fully saturated rings. The smallest absolute Gasteiger partial charge is 0.157 e. The van der Waals surface area contributed by atoms with Crippen LogP contribution in [0.1, 0.15) is 25.7 Å². The molecule has 7 heteroatoms. The molecule has 33 heavy (non-hydrogen) atoms.